The van der Waals surface area contributed by atoms with Gasteiger partial charge in [-0.1, -0.05) is 18.2 Å². The minimum atomic E-state index is -4.51. The number of hydrogen-bond acceptors (Lipinski definition) is 6. The summed E-state index contributed by atoms with van der Waals surface area (Å²) in [5, 5.41) is 6.77. The molecular weight excluding hydrogens is 471 g/mol. The molecule has 1 fully saturated rings. The Hall–Kier alpha value is -3.28. The molecule has 0 aliphatic carbocycles. The molecule has 2 amide bonds. The molecule has 3 aromatic rings. The van der Waals surface area contributed by atoms with Crippen molar-refractivity contribution in [1.29, 1.82) is 0 Å². The Labute approximate surface area is 197 Å². The Morgan fingerprint density at radius 2 is 1.88 bits per heavy atom. The molecular formula is C22H22F3N5O3S. The maximum absolute atomic E-state index is 13.4. The Morgan fingerprint density at radius 1 is 1.15 bits per heavy atom. The van der Waals surface area contributed by atoms with E-state index in [-0.39, 0.29) is 11.5 Å². The number of fused-ring (bicyclic) bond motifs is 1. The van der Waals surface area contributed by atoms with Gasteiger partial charge in [-0.3, -0.25) is 15.0 Å². The zero-order valence-electron chi connectivity index (χ0n) is 18.6. The van der Waals surface area contributed by atoms with Gasteiger partial charge in [0.15, 0.2) is 5.65 Å². The van der Waals surface area contributed by atoms with E-state index in [1.54, 1.807) is 20.8 Å². The number of thioether (sulfide) groups is 1. The number of anilines is 1. The smallest absolute Gasteiger partial charge is 0.417 e. The molecule has 0 saturated carbocycles. The first-order valence-electron chi connectivity index (χ1n) is 10.3. The molecule has 12 heteroatoms. The van der Waals surface area contributed by atoms with Crippen LogP contribution in [0.25, 0.3) is 16.8 Å². The van der Waals surface area contributed by atoms with E-state index in [0.717, 1.165) is 6.07 Å². The van der Waals surface area contributed by atoms with E-state index in [1.165, 1.54) is 57.7 Å². The molecule has 1 aliphatic rings. The Morgan fingerprint density at radius 3 is 2.59 bits per heavy atom. The van der Waals surface area contributed by atoms with Gasteiger partial charge in [-0.25, -0.2) is 9.31 Å². The summed E-state index contributed by atoms with van der Waals surface area (Å²) in [4.78, 5) is 30.8. The van der Waals surface area contributed by atoms with Gasteiger partial charge in [0, 0.05) is 17.5 Å². The first-order chi connectivity index (χ1) is 15.9. The summed E-state index contributed by atoms with van der Waals surface area (Å²) >= 11 is 1.42. The number of carbonyl (C=O) groups excluding carboxylic acids is 2. The van der Waals surface area contributed by atoms with Crippen molar-refractivity contribution in [2.75, 3.05) is 16.9 Å². The lowest BCUT2D eigenvalue weighted by Gasteiger charge is -2.27. The normalized spacial score (nSPS) is 16.6. The highest BCUT2D eigenvalue weighted by molar-refractivity contribution is 7.99. The highest BCUT2D eigenvalue weighted by Gasteiger charge is 2.37. The number of ether oxygens (including phenoxy) is 1. The highest BCUT2D eigenvalue weighted by Crippen LogP contribution is 2.37. The predicted octanol–water partition coefficient (Wildman–Crippen LogP) is 4.66. The van der Waals surface area contributed by atoms with Crippen molar-refractivity contribution in [3.8, 4) is 11.1 Å². The summed E-state index contributed by atoms with van der Waals surface area (Å²) in [6, 6.07) is 7.52. The number of rotatable bonds is 3. The molecule has 1 saturated heterocycles. The molecule has 180 valence electrons. The number of aromatic nitrogens is 3. The second-order valence-corrected chi connectivity index (χ2v) is 9.65. The topological polar surface area (TPSA) is 88.8 Å². The SMILES string of the molecule is CC(C)(C)OC(=O)N1CSC[C@@H]1C(=O)Nc1nc2ccc(-c3ccccc3C(F)(F)F)cn2n1. The molecule has 4 rings (SSSR count). The third kappa shape index (κ3) is 5.11. The molecule has 0 radical (unpaired) electrons. The summed E-state index contributed by atoms with van der Waals surface area (Å²) in [5.74, 6) is 0.200. The summed E-state index contributed by atoms with van der Waals surface area (Å²) in [6.07, 6.45) is -3.68. The van der Waals surface area contributed by atoms with Crippen molar-refractivity contribution in [2.45, 2.75) is 38.6 Å². The zero-order valence-corrected chi connectivity index (χ0v) is 19.4. The van der Waals surface area contributed by atoms with E-state index >= 15 is 0 Å². The van der Waals surface area contributed by atoms with Gasteiger partial charge in [0.05, 0.1) is 11.4 Å². The summed E-state index contributed by atoms with van der Waals surface area (Å²) in [6.45, 7) is 5.22. The van der Waals surface area contributed by atoms with Crippen molar-refractivity contribution in [2.24, 2.45) is 0 Å². The summed E-state index contributed by atoms with van der Waals surface area (Å²) in [7, 11) is 0. The minimum absolute atomic E-state index is 0.00830. The minimum Gasteiger partial charge on any atom is -0.444 e. The number of carbonyl (C=O) groups is 2. The lowest BCUT2D eigenvalue weighted by molar-refractivity contribution is -0.137. The van der Waals surface area contributed by atoms with Crippen molar-refractivity contribution in [3.63, 3.8) is 0 Å². The van der Waals surface area contributed by atoms with E-state index < -0.39 is 35.4 Å². The molecule has 2 aromatic heterocycles. The second kappa shape index (κ2) is 8.82. The maximum atomic E-state index is 13.4. The summed E-state index contributed by atoms with van der Waals surface area (Å²) in [5.41, 5.74) is -0.811. The van der Waals surface area contributed by atoms with Crippen LogP contribution in [0.5, 0.6) is 0 Å². The molecule has 0 unspecified atom stereocenters. The number of halogens is 3. The number of benzene rings is 1. The van der Waals surface area contributed by atoms with Crippen LogP contribution in [0.1, 0.15) is 26.3 Å². The third-order valence-corrected chi connectivity index (χ3v) is 5.93. The number of alkyl halides is 3. The molecule has 0 spiro atoms. The van der Waals surface area contributed by atoms with Gasteiger partial charge in [0.1, 0.15) is 11.6 Å². The fraction of sp³-hybridized carbons (Fsp3) is 0.364. The van der Waals surface area contributed by atoms with Crippen molar-refractivity contribution in [3.05, 3.63) is 48.2 Å². The third-order valence-electron chi connectivity index (χ3n) is 4.92. The van der Waals surface area contributed by atoms with E-state index in [0.29, 0.717) is 22.8 Å². The monoisotopic (exact) mass is 493 g/mol. The molecule has 3 heterocycles. The maximum Gasteiger partial charge on any atom is 0.417 e. The number of nitrogens with one attached hydrogen (secondary N) is 1. The van der Waals surface area contributed by atoms with E-state index in [9.17, 15) is 22.8 Å². The average Bonchev–Trinajstić information content (AvgIpc) is 3.38. The number of hydrogen-bond donors (Lipinski definition) is 1. The molecule has 1 aromatic carbocycles. The molecule has 8 nitrogen and oxygen atoms in total. The standard InChI is InChI=1S/C22H22F3N5O3S/c1-21(2,3)33-20(32)29-12-34-11-16(29)18(31)27-19-26-17-9-8-13(10-30(17)28-19)14-6-4-5-7-15(14)22(23,24)25/h4-10,16H,11-12H2,1-3H3,(H,27,28,31)/t16-/m1/s1. The first kappa shape index (κ1) is 23.9. The van der Waals surface area contributed by atoms with Gasteiger partial charge in [-0.05, 0) is 44.5 Å². The average molecular weight is 494 g/mol. The largest absolute Gasteiger partial charge is 0.444 e. The van der Waals surface area contributed by atoms with Crippen LogP contribution in [-0.2, 0) is 15.7 Å². The van der Waals surface area contributed by atoms with Gasteiger partial charge in [-0.15, -0.1) is 16.9 Å². The molecule has 1 aliphatic heterocycles. The van der Waals surface area contributed by atoms with E-state index in [2.05, 4.69) is 15.4 Å². The Balaban J connectivity index is 1.54. The Bertz CT molecular complexity index is 1240. The van der Waals surface area contributed by atoms with Crippen LogP contribution in [0.4, 0.5) is 23.9 Å². The zero-order chi connectivity index (χ0) is 24.7. The lowest BCUT2D eigenvalue weighted by atomic mass is 10.0. The van der Waals surface area contributed by atoms with Gasteiger partial charge >= 0.3 is 12.3 Å². The summed E-state index contributed by atoms with van der Waals surface area (Å²) < 4.78 is 46.9. The fourth-order valence-electron chi connectivity index (χ4n) is 3.43. The van der Waals surface area contributed by atoms with Crippen molar-refractivity contribution < 1.29 is 27.5 Å². The van der Waals surface area contributed by atoms with E-state index in [1.807, 2.05) is 0 Å². The quantitative estimate of drug-likeness (QED) is 0.571. The van der Waals surface area contributed by atoms with Crippen LogP contribution < -0.4 is 5.32 Å². The van der Waals surface area contributed by atoms with Crippen LogP contribution in [0.2, 0.25) is 0 Å². The Kier molecular flexibility index (Phi) is 6.19. The van der Waals surface area contributed by atoms with Crippen LogP contribution >= 0.6 is 11.8 Å². The van der Waals surface area contributed by atoms with Gasteiger partial charge in [0.25, 0.3) is 5.91 Å². The van der Waals surface area contributed by atoms with Crippen molar-refractivity contribution >= 4 is 35.4 Å². The van der Waals surface area contributed by atoms with Gasteiger partial charge in [-0.2, -0.15) is 18.2 Å². The lowest BCUT2D eigenvalue weighted by Crippen LogP contribution is -2.46. The highest BCUT2D eigenvalue weighted by atomic mass is 32.2. The van der Waals surface area contributed by atoms with Gasteiger partial charge < -0.3 is 4.74 Å². The molecule has 0 bridgehead atoms. The van der Waals surface area contributed by atoms with Crippen LogP contribution in [0.3, 0.4) is 0 Å². The number of nitrogens with zero attached hydrogens (tertiary/aromatic N) is 4. The second-order valence-electron chi connectivity index (χ2n) is 8.65. The molecule has 1 N–H and O–H groups in total. The first-order valence-corrected chi connectivity index (χ1v) is 11.5. The van der Waals surface area contributed by atoms with Crippen molar-refractivity contribution in [1.82, 2.24) is 19.5 Å². The van der Waals surface area contributed by atoms with Crippen LogP contribution in [-0.4, -0.2) is 54.8 Å². The fourth-order valence-corrected chi connectivity index (χ4v) is 4.57. The van der Waals surface area contributed by atoms with Crippen LogP contribution in [0, 0.1) is 0 Å². The number of pyridine rings is 1. The van der Waals surface area contributed by atoms with Gasteiger partial charge in [0.2, 0.25) is 5.95 Å². The van der Waals surface area contributed by atoms with Crippen LogP contribution in [0.15, 0.2) is 42.6 Å². The predicted molar refractivity (Wildman–Crippen MR) is 121 cm³/mol. The number of amides is 2. The van der Waals surface area contributed by atoms with E-state index in [4.69, 9.17) is 4.74 Å². The molecule has 34 heavy (non-hydrogen) atoms. The molecule has 1 atom stereocenters.